The molecule has 0 bridgehead atoms. The van der Waals surface area contributed by atoms with Crippen molar-refractivity contribution in [2.45, 2.75) is 37.6 Å². The minimum Gasteiger partial charge on any atom is -0.497 e. The van der Waals surface area contributed by atoms with Gasteiger partial charge in [0.05, 0.1) is 19.3 Å². The summed E-state index contributed by atoms with van der Waals surface area (Å²) in [7, 11) is 3.28. The summed E-state index contributed by atoms with van der Waals surface area (Å²) in [6.07, 6.45) is 4.66. The third-order valence-electron chi connectivity index (χ3n) is 3.99. The van der Waals surface area contributed by atoms with Crippen LogP contribution in [-0.4, -0.2) is 26.7 Å². The average Bonchev–Trinajstić information content (AvgIpc) is 2.95. The molecule has 0 heterocycles. The van der Waals surface area contributed by atoms with Gasteiger partial charge in [-0.2, -0.15) is 0 Å². The SMILES string of the molecule is COCCC(=O)NC1(c2cccc(OC)c2)CCCC1. The lowest BCUT2D eigenvalue weighted by molar-refractivity contribution is -0.124. The fourth-order valence-electron chi connectivity index (χ4n) is 2.91. The highest BCUT2D eigenvalue weighted by atomic mass is 16.5. The molecule has 1 N–H and O–H groups in total. The van der Waals surface area contributed by atoms with Crippen molar-refractivity contribution in [3.63, 3.8) is 0 Å². The van der Waals surface area contributed by atoms with Gasteiger partial charge in [0.2, 0.25) is 5.91 Å². The van der Waals surface area contributed by atoms with Gasteiger partial charge in [0.25, 0.3) is 0 Å². The van der Waals surface area contributed by atoms with Gasteiger partial charge >= 0.3 is 0 Å². The van der Waals surface area contributed by atoms with Crippen molar-refractivity contribution in [3.05, 3.63) is 29.8 Å². The van der Waals surface area contributed by atoms with Crippen LogP contribution < -0.4 is 10.1 Å². The lowest BCUT2D eigenvalue weighted by Gasteiger charge is -2.31. The third-order valence-corrected chi connectivity index (χ3v) is 3.99. The smallest absolute Gasteiger partial charge is 0.223 e. The first-order valence-electron chi connectivity index (χ1n) is 7.15. The van der Waals surface area contributed by atoms with Crippen molar-refractivity contribution in [2.24, 2.45) is 0 Å². The normalized spacial score (nSPS) is 16.9. The number of methoxy groups -OCH3 is 2. The zero-order chi connectivity index (χ0) is 14.4. The molecule has 20 heavy (non-hydrogen) atoms. The highest BCUT2D eigenvalue weighted by Crippen LogP contribution is 2.39. The molecule has 1 aromatic rings. The van der Waals surface area contributed by atoms with Crippen LogP contribution in [0.15, 0.2) is 24.3 Å². The maximum atomic E-state index is 12.1. The Bertz CT molecular complexity index is 453. The second-order valence-electron chi connectivity index (χ2n) is 5.31. The molecule has 1 saturated carbocycles. The van der Waals surface area contributed by atoms with Crippen molar-refractivity contribution in [1.82, 2.24) is 5.32 Å². The number of carbonyl (C=O) groups excluding carboxylic acids is 1. The van der Waals surface area contributed by atoms with Crippen LogP contribution >= 0.6 is 0 Å². The molecule has 0 aliphatic heterocycles. The van der Waals surface area contributed by atoms with Crippen LogP contribution in [0, 0.1) is 0 Å². The van der Waals surface area contributed by atoms with Gasteiger partial charge in [0.15, 0.2) is 0 Å². The Hall–Kier alpha value is -1.55. The Morgan fingerprint density at radius 2 is 2.05 bits per heavy atom. The van der Waals surface area contributed by atoms with Gasteiger partial charge in [-0.3, -0.25) is 4.79 Å². The van der Waals surface area contributed by atoms with E-state index in [1.165, 1.54) is 0 Å². The molecule has 0 spiro atoms. The highest BCUT2D eigenvalue weighted by molar-refractivity contribution is 5.77. The van der Waals surface area contributed by atoms with Crippen LogP contribution in [0.2, 0.25) is 0 Å². The summed E-state index contributed by atoms with van der Waals surface area (Å²) < 4.78 is 10.3. The Morgan fingerprint density at radius 3 is 2.70 bits per heavy atom. The van der Waals surface area contributed by atoms with Gasteiger partial charge in [0, 0.05) is 13.5 Å². The van der Waals surface area contributed by atoms with E-state index in [-0.39, 0.29) is 11.4 Å². The lowest BCUT2D eigenvalue weighted by Crippen LogP contribution is -2.44. The lowest BCUT2D eigenvalue weighted by atomic mass is 9.87. The topological polar surface area (TPSA) is 47.6 Å². The first-order valence-corrected chi connectivity index (χ1v) is 7.15. The summed E-state index contributed by atoms with van der Waals surface area (Å²) in [5.74, 6) is 0.886. The third kappa shape index (κ3) is 3.31. The molecule has 0 saturated heterocycles. The molecule has 110 valence electrons. The first-order chi connectivity index (χ1) is 9.70. The molecule has 1 amide bonds. The van der Waals surface area contributed by atoms with E-state index >= 15 is 0 Å². The minimum atomic E-state index is -0.237. The van der Waals surface area contributed by atoms with E-state index in [9.17, 15) is 4.79 Å². The number of benzene rings is 1. The van der Waals surface area contributed by atoms with Gasteiger partial charge in [-0.25, -0.2) is 0 Å². The highest BCUT2D eigenvalue weighted by Gasteiger charge is 2.37. The second kappa shape index (κ2) is 6.75. The molecule has 0 radical (unpaired) electrons. The van der Waals surface area contributed by atoms with E-state index in [4.69, 9.17) is 9.47 Å². The number of nitrogens with one attached hydrogen (secondary N) is 1. The van der Waals surface area contributed by atoms with Crippen LogP contribution in [0.25, 0.3) is 0 Å². The van der Waals surface area contributed by atoms with E-state index in [2.05, 4.69) is 11.4 Å². The maximum absolute atomic E-state index is 12.1. The van der Waals surface area contributed by atoms with Crippen molar-refractivity contribution >= 4 is 5.91 Å². The Labute approximate surface area is 120 Å². The van der Waals surface area contributed by atoms with Crippen LogP contribution in [0.3, 0.4) is 0 Å². The first kappa shape index (κ1) is 14.9. The monoisotopic (exact) mass is 277 g/mol. The van der Waals surface area contributed by atoms with Gasteiger partial charge in [0.1, 0.15) is 5.75 Å². The summed E-state index contributed by atoms with van der Waals surface area (Å²) >= 11 is 0. The number of amides is 1. The quantitative estimate of drug-likeness (QED) is 0.869. The second-order valence-corrected chi connectivity index (χ2v) is 5.31. The van der Waals surface area contributed by atoms with E-state index in [1.807, 2.05) is 18.2 Å². The van der Waals surface area contributed by atoms with Crippen molar-refractivity contribution < 1.29 is 14.3 Å². The molecule has 4 heteroatoms. The largest absolute Gasteiger partial charge is 0.497 e. The fourth-order valence-corrected chi connectivity index (χ4v) is 2.91. The molecule has 1 aromatic carbocycles. The van der Waals surface area contributed by atoms with Gasteiger partial charge in [-0.1, -0.05) is 25.0 Å². The number of hydrogen-bond acceptors (Lipinski definition) is 3. The summed E-state index contributed by atoms with van der Waals surface area (Å²) in [6, 6.07) is 8.01. The standard InChI is InChI=1S/C16H23NO3/c1-19-11-8-15(18)17-16(9-3-4-10-16)13-6-5-7-14(12-13)20-2/h5-7,12H,3-4,8-11H2,1-2H3,(H,17,18). The van der Waals surface area contributed by atoms with E-state index in [0.717, 1.165) is 37.0 Å². The molecule has 1 aliphatic rings. The molecule has 4 nitrogen and oxygen atoms in total. The molecule has 0 unspecified atom stereocenters. The predicted molar refractivity (Wildman–Crippen MR) is 77.8 cm³/mol. The summed E-state index contributed by atoms with van der Waals surface area (Å²) in [5.41, 5.74) is 0.902. The number of carbonyl (C=O) groups is 1. The molecular formula is C16H23NO3. The van der Waals surface area contributed by atoms with Gasteiger partial charge in [-0.15, -0.1) is 0 Å². The molecule has 0 atom stereocenters. The predicted octanol–water partition coefficient (Wildman–Crippen LogP) is 2.62. The summed E-state index contributed by atoms with van der Waals surface area (Å²) in [6.45, 7) is 0.458. The van der Waals surface area contributed by atoms with Crippen molar-refractivity contribution in [2.75, 3.05) is 20.8 Å². The number of hydrogen-bond donors (Lipinski definition) is 1. The zero-order valence-corrected chi connectivity index (χ0v) is 12.3. The maximum Gasteiger partial charge on any atom is 0.223 e. The molecule has 0 aromatic heterocycles. The molecule has 1 fully saturated rings. The molecule has 2 rings (SSSR count). The van der Waals surface area contributed by atoms with Crippen molar-refractivity contribution in [3.8, 4) is 5.75 Å². The van der Waals surface area contributed by atoms with Crippen LogP contribution in [0.1, 0.15) is 37.7 Å². The van der Waals surface area contributed by atoms with Gasteiger partial charge < -0.3 is 14.8 Å². The average molecular weight is 277 g/mol. The van der Waals surface area contributed by atoms with Crippen LogP contribution in [-0.2, 0) is 15.1 Å². The summed E-state index contributed by atoms with van der Waals surface area (Å²) in [5, 5.41) is 3.22. The van der Waals surface area contributed by atoms with E-state index < -0.39 is 0 Å². The minimum absolute atomic E-state index is 0.0524. The summed E-state index contributed by atoms with van der Waals surface area (Å²) in [4.78, 5) is 12.1. The number of rotatable bonds is 6. The van der Waals surface area contributed by atoms with E-state index in [0.29, 0.717) is 13.0 Å². The van der Waals surface area contributed by atoms with Crippen LogP contribution in [0.5, 0.6) is 5.75 Å². The van der Waals surface area contributed by atoms with E-state index in [1.54, 1.807) is 14.2 Å². The Morgan fingerprint density at radius 1 is 1.30 bits per heavy atom. The fraction of sp³-hybridized carbons (Fsp3) is 0.562. The van der Waals surface area contributed by atoms with Gasteiger partial charge in [-0.05, 0) is 30.5 Å². The Kier molecular flexibility index (Phi) is 5.01. The molecular weight excluding hydrogens is 254 g/mol. The Balaban J connectivity index is 2.18. The van der Waals surface area contributed by atoms with Crippen molar-refractivity contribution in [1.29, 1.82) is 0 Å². The molecule has 1 aliphatic carbocycles. The zero-order valence-electron chi connectivity index (χ0n) is 12.3. The van der Waals surface area contributed by atoms with Crippen LogP contribution in [0.4, 0.5) is 0 Å². The number of ether oxygens (including phenoxy) is 2.